The Morgan fingerprint density at radius 3 is 2.55 bits per heavy atom. The minimum Gasteiger partial charge on any atom is -0.354 e. The highest BCUT2D eigenvalue weighted by Crippen LogP contribution is 2.37. The van der Waals surface area contributed by atoms with Gasteiger partial charge in [-0.3, -0.25) is 4.79 Å². The van der Waals surface area contributed by atoms with Gasteiger partial charge in [-0.25, -0.2) is 9.37 Å². The van der Waals surface area contributed by atoms with E-state index in [4.69, 9.17) is 9.51 Å². The maximum Gasteiger partial charge on any atom is 0.416 e. The van der Waals surface area contributed by atoms with Gasteiger partial charge < -0.3 is 14.3 Å². The molecule has 0 N–H and O–H groups in total. The van der Waals surface area contributed by atoms with Gasteiger partial charge in [0.15, 0.2) is 0 Å². The number of halogens is 4. The van der Waals surface area contributed by atoms with Crippen molar-refractivity contribution < 1.29 is 26.9 Å². The molecule has 1 fully saturated rings. The second kappa shape index (κ2) is 10.4. The van der Waals surface area contributed by atoms with Crippen molar-refractivity contribution in [3.05, 3.63) is 71.3 Å². The molecule has 2 aromatic heterocycles. The number of amides is 1. The normalized spacial score (nSPS) is 14.7. The van der Waals surface area contributed by atoms with Gasteiger partial charge in [-0.15, -0.1) is 0 Å². The van der Waals surface area contributed by atoms with Crippen molar-refractivity contribution in [1.82, 2.24) is 20.0 Å². The third-order valence-electron chi connectivity index (χ3n) is 6.47. The quantitative estimate of drug-likeness (QED) is 0.308. The van der Waals surface area contributed by atoms with Crippen LogP contribution in [-0.2, 0) is 12.6 Å². The highest BCUT2D eigenvalue weighted by molar-refractivity contribution is 5.98. The first-order valence-corrected chi connectivity index (χ1v) is 12.4. The molecule has 0 spiro atoms. The van der Waals surface area contributed by atoms with Crippen molar-refractivity contribution in [1.29, 1.82) is 0 Å². The second-order valence-corrected chi connectivity index (χ2v) is 9.14. The molecule has 38 heavy (non-hydrogen) atoms. The molecule has 2 aromatic carbocycles. The van der Waals surface area contributed by atoms with Crippen LogP contribution in [0.15, 0.2) is 53.1 Å². The highest BCUT2D eigenvalue weighted by Gasteiger charge is 2.32. The van der Waals surface area contributed by atoms with E-state index in [1.54, 1.807) is 11.0 Å². The van der Waals surface area contributed by atoms with Gasteiger partial charge in [0.2, 0.25) is 0 Å². The van der Waals surface area contributed by atoms with Gasteiger partial charge in [-0.05, 0) is 49.2 Å². The summed E-state index contributed by atoms with van der Waals surface area (Å²) in [6.45, 7) is 3.85. The largest absolute Gasteiger partial charge is 0.416 e. The molecule has 4 aromatic rings. The van der Waals surface area contributed by atoms with Crippen molar-refractivity contribution in [3.8, 4) is 11.3 Å². The number of hydrogen-bond acceptors (Lipinski definition) is 6. The van der Waals surface area contributed by atoms with Crippen LogP contribution in [-0.4, -0.2) is 52.1 Å². The topological polar surface area (TPSA) is 75.4 Å². The predicted molar refractivity (Wildman–Crippen MR) is 133 cm³/mol. The predicted octanol–water partition coefficient (Wildman–Crippen LogP) is 5.75. The fourth-order valence-corrected chi connectivity index (χ4v) is 4.59. The number of aryl methyl sites for hydroxylation is 1. The van der Waals surface area contributed by atoms with Crippen LogP contribution in [0, 0.1) is 5.82 Å². The fourth-order valence-electron chi connectivity index (χ4n) is 4.59. The van der Waals surface area contributed by atoms with Crippen molar-refractivity contribution in [2.45, 2.75) is 32.4 Å². The number of rotatable bonds is 5. The summed E-state index contributed by atoms with van der Waals surface area (Å²) < 4.78 is 59.0. The van der Waals surface area contributed by atoms with Crippen LogP contribution in [0.1, 0.15) is 41.5 Å². The van der Waals surface area contributed by atoms with Crippen molar-refractivity contribution in [2.75, 3.05) is 31.1 Å². The average molecular weight is 528 g/mol. The average Bonchev–Trinajstić information content (AvgIpc) is 3.17. The van der Waals surface area contributed by atoms with Crippen LogP contribution >= 0.6 is 0 Å². The Kier molecular flexibility index (Phi) is 7.00. The molecule has 1 amide bonds. The SMILES string of the molecule is CCCc1nc(N2CCCN(C(=O)c3ccc(F)cc3)CC2)c2c(-c3cccc(C(F)(F)F)c3)noc2n1. The number of anilines is 1. The smallest absolute Gasteiger partial charge is 0.354 e. The Bertz CT molecular complexity index is 1450. The Labute approximate surface area is 216 Å². The fraction of sp³-hybridized carbons (Fsp3) is 0.333. The molecule has 3 heterocycles. The van der Waals surface area contributed by atoms with E-state index in [-0.39, 0.29) is 22.9 Å². The third-order valence-corrected chi connectivity index (χ3v) is 6.47. The summed E-state index contributed by atoms with van der Waals surface area (Å²) in [7, 11) is 0. The third kappa shape index (κ3) is 5.18. The molecule has 7 nitrogen and oxygen atoms in total. The number of alkyl halides is 3. The summed E-state index contributed by atoms with van der Waals surface area (Å²) in [5.41, 5.74) is 0.290. The minimum atomic E-state index is -4.51. The first-order chi connectivity index (χ1) is 18.2. The number of nitrogens with zero attached hydrogens (tertiary/aromatic N) is 5. The second-order valence-electron chi connectivity index (χ2n) is 9.14. The summed E-state index contributed by atoms with van der Waals surface area (Å²) in [5, 5.41) is 4.53. The van der Waals surface area contributed by atoms with E-state index in [0.717, 1.165) is 18.6 Å². The number of aromatic nitrogens is 3. The monoisotopic (exact) mass is 527 g/mol. The standard InChI is InChI=1S/C27H25F4N5O2/c1-2-5-21-32-24(35-12-4-13-36(15-14-35)26(37)17-8-10-20(28)11-9-17)22-23(34-38-25(22)33-21)18-6-3-7-19(16-18)27(29,30)31/h3,6-11,16H,2,4-5,12-15H2,1H3. The minimum absolute atomic E-state index is 0.194. The molecule has 1 aliphatic heterocycles. The van der Waals surface area contributed by atoms with Crippen LogP contribution in [0.2, 0.25) is 0 Å². The lowest BCUT2D eigenvalue weighted by molar-refractivity contribution is -0.137. The Morgan fingerprint density at radius 1 is 1.03 bits per heavy atom. The Morgan fingerprint density at radius 2 is 1.82 bits per heavy atom. The Hall–Kier alpha value is -4.02. The van der Waals surface area contributed by atoms with E-state index >= 15 is 0 Å². The number of hydrogen-bond donors (Lipinski definition) is 0. The van der Waals surface area contributed by atoms with E-state index in [0.29, 0.717) is 61.6 Å². The van der Waals surface area contributed by atoms with E-state index in [1.165, 1.54) is 30.3 Å². The van der Waals surface area contributed by atoms with E-state index < -0.39 is 17.6 Å². The van der Waals surface area contributed by atoms with Crippen LogP contribution in [0.3, 0.4) is 0 Å². The molecule has 198 valence electrons. The van der Waals surface area contributed by atoms with Crippen molar-refractivity contribution >= 4 is 22.8 Å². The molecule has 0 aliphatic carbocycles. The summed E-state index contributed by atoms with van der Waals surface area (Å²) in [4.78, 5) is 26.0. The van der Waals surface area contributed by atoms with Crippen LogP contribution < -0.4 is 4.90 Å². The van der Waals surface area contributed by atoms with Crippen LogP contribution in [0.4, 0.5) is 23.4 Å². The number of carbonyl (C=O) groups excluding carboxylic acids is 1. The maximum atomic E-state index is 13.4. The number of carbonyl (C=O) groups is 1. The van der Waals surface area contributed by atoms with Gasteiger partial charge in [-0.1, -0.05) is 24.2 Å². The molecular weight excluding hydrogens is 502 g/mol. The van der Waals surface area contributed by atoms with Gasteiger partial charge in [0.05, 0.1) is 5.56 Å². The Balaban J connectivity index is 1.50. The molecular formula is C27H25F4N5O2. The molecule has 1 saturated heterocycles. The zero-order chi connectivity index (χ0) is 26.9. The van der Waals surface area contributed by atoms with Gasteiger partial charge in [0.25, 0.3) is 11.6 Å². The molecule has 0 bridgehead atoms. The number of fused-ring (bicyclic) bond motifs is 1. The van der Waals surface area contributed by atoms with Crippen molar-refractivity contribution in [2.24, 2.45) is 0 Å². The molecule has 0 atom stereocenters. The molecule has 0 radical (unpaired) electrons. The van der Waals surface area contributed by atoms with Gasteiger partial charge in [-0.2, -0.15) is 18.2 Å². The number of benzene rings is 2. The van der Waals surface area contributed by atoms with Gasteiger partial charge >= 0.3 is 6.18 Å². The lowest BCUT2D eigenvalue weighted by Gasteiger charge is -2.24. The van der Waals surface area contributed by atoms with Crippen molar-refractivity contribution in [3.63, 3.8) is 0 Å². The van der Waals surface area contributed by atoms with Crippen LogP contribution in [0.5, 0.6) is 0 Å². The van der Waals surface area contributed by atoms with E-state index in [2.05, 4.69) is 10.1 Å². The van der Waals surface area contributed by atoms with Gasteiger partial charge in [0.1, 0.15) is 28.5 Å². The maximum absolute atomic E-state index is 13.4. The zero-order valence-electron chi connectivity index (χ0n) is 20.6. The highest BCUT2D eigenvalue weighted by atomic mass is 19.4. The summed E-state index contributed by atoms with van der Waals surface area (Å²) >= 11 is 0. The molecule has 1 aliphatic rings. The summed E-state index contributed by atoms with van der Waals surface area (Å²) in [5.74, 6) is 0.457. The zero-order valence-corrected chi connectivity index (χ0v) is 20.6. The lowest BCUT2D eigenvalue weighted by Crippen LogP contribution is -2.35. The van der Waals surface area contributed by atoms with Crippen LogP contribution in [0.25, 0.3) is 22.4 Å². The lowest BCUT2D eigenvalue weighted by atomic mass is 10.1. The summed E-state index contributed by atoms with van der Waals surface area (Å²) in [6.07, 6.45) is -2.49. The molecule has 5 rings (SSSR count). The molecule has 11 heteroatoms. The first-order valence-electron chi connectivity index (χ1n) is 12.4. The molecule has 0 saturated carbocycles. The molecule has 0 unspecified atom stereocenters. The summed E-state index contributed by atoms with van der Waals surface area (Å²) in [6, 6.07) is 10.3. The first kappa shape index (κ1) is 25.6. The van der Waals surface area contributed by atoms with Gasteiger partial charge in [0, 0.05) is 43.7 Å². The van der Waals surface area contributed by atoms with E-state index in [1.807, 2.05) is 11.8 Å². The van der Waals surface area contributed by atoms with E-state index in [9.17, 15) is 22.4 Å².